The Morgan fingerprint density at radius 3 is 2.22 bits per heavy atom. The van der Waals surface area contributed by atoms with E-state index in [-0.39, 0.29) is 24.7 Å². The van der Waals surface area contributed by atoms with Crippen LogP contribution >= 0.6 is 0 Å². The van der Waals surface area contributed by atoms with Gasteiger partial charge in [0, 0.05) is 24.6 Å². The number of nitrogens with zero attached hydrogens (tertiary/aromatic N) is 1. The molecule has 1 amide bonds. The number of benzene rings is 2. The zero-order valence-electron chi connectivity index (χ0n) is 15.9. The van der Waals surface area contributed by atoms with E-state index >= 15 is 0 Å². The van der Waals surface area contributed by atoms with E-state index in [0.717, 1.165) is 17.0 Å². The van der Waals surface area contributed by atoms with Crippen LogP contribution in [0.25, 0.3) is 0 Å². The molecule has 0 aliphatic heterocycles. The van der Waals surface area contributed by atoms with Gasteiger partial charge < -0.3 is 19.1 Å². The summed E-state index contributed by atoms with van der Waals surface area (Å²) in [6, 6.07) is 14.9. The number of rotatable bonds is 9. The highest BCUT2D eigenvalue weighted by atomic mass is 16.5. The summed E-state index contributed by atoms with van der Waals surface area (Å²) in [5.41, 5.74) is 1.68. The van der Waals surface area contributed by atoms with E-state index in [1.807, 2.05) is 48.5 Å². The molecule has 0 fully saturated rings. The maximum absolute atomic E-state index is 12.9. The maximum Gasteiger partial charge on any atom is 0.305 e. The smallest absolute Gasteiger partial charge is 0.305 e. The molecule has 0 N–H and O–H groups in total. The van der Waals surface area contributed by atoms with E-state index in [4.69, 9.17) is 9.47 Å². The van der Waals surface area contributed by atoms with Crippen LogP contribution in [-0.4, -0.2) is 33.2 Å². The van der Waals surface area contributed by atoms with Crippen LogP contribution < -0.4 is 14.4 Å². The average molecular weight is 371 g/mol. The van der Waals surface area contributed by atoms with Crippen LogP contribution in [0.1, 0.15) is 24.8 Å². The second kappa shape index (κ2) is 10.2. The molecule has 0 bridgehead atoms. The van der Waals surface area contributed by atoms with Gasteiger partial charge in [0.1, 0.15) is 11.5 Å². The summed E-state index contributed by atoms with van der Waals surface area (Å²) in [6.45, 7) is 0.390. The first-order valence-corrected chi connectivity index (χ1v) is 8.71. The molecule has 0 radical (unpaired) electrons. The Morgan fingerprint density at radius 2 is 1.56 bits per heavy atom. The van der Waals surface area contributed by atoms with Crippen molar-refractivity contribution < 1.29 is 23.8 Å². The van der Waals surface area contributed by atoms with Crippen molar-refractivity contribution in [2.45, 2.75) is 25.8 Å². The van der Waals surface area contributed by atoms with Crippen molar-refractivity contribution in [1.29, 1.82) is 0 Å². The Balaban J connectivity index is 2.21. The molecule has 0 spiro atoms. The normalized spacial score (nSPS) is 10.2. The van der Waals surface area contributed by atoms with Crippen LogP contribution in [-0.2, 0) is 20.9 Å². The molecule has 0 atom stereocenters. The van der Waals surface area contributed by atoms with E-state index in [9.17, 15) is 9.59 Å². The minimum atomic E-state index is -0.316. The van der Waals surface area contributed by atoms with Crippen LogP contribution in [0.3, 0.4) is 0 Å². The van der Waals surface area contributed by atoms with Crippen LogP contribution in [0.5, 0.6) is 11.5 Å². The lowest BCUT2D eigenvalue weighted by atomic mass is 10.1. The Kier molecular flexibility index (Phi) is 7.67. The quantitative estimate of drug-likeness (QED) is 0.631. The number of esters is 1. The van der Waals surface area contributed by atoms with Gasteiger partial charge >= 0.3 is 5.97 Å². The zero-order valence-corrected chi connectivity index (χ0v) is 15.9. The van der Waals surface area contributed by atoms with Gasteiger partial charge in [0.15, 0.2) is 0 Å². The minimum Gasteiger partial charge on any atom is -0.497 e. The molecule has 2 aromatic carbocycles. The molecule has 0 heterocycles. The summed E-state index contributed by atoms with van der Waals surface area (Å²) >= 11 is 0. The van der Waals surface area contributed by atoms with Gasteiger partial charge in [-0.1, -0.05) is 18.2 Å². The number of ether oxygens (including phenoxy) is 3. The molecule has 0 saturated heterocycles. The van der Waals surface area contributed by atoms with E-state index in [2.05, 4.69) is 4.74 Å². The molecule has 0 saturated carbocycles. The Hall–Kier alpha value is -3.02. The topological polar surface area (TPSA) is 65.1 Å². The average Bonchev–Trinajstić information content (AvgIpc) is 2.71. The first-order valence-electron chi connectivity index (χ1n) is 8.71. The van der Waals surface area contributed by atoms with Crippen LogP contribution in [0, 0.1) is 0 Å². The first-order chi connectivity index (χ1) is 13.1. The SMILES string of the molecule is COC(=O)CCCC(=O)N(Cc1cccc(OC)c1)c1cccc(OC)c1. The van der Waals surface area contributed by atoms with Crippen molar-refractivity contribution in [3.8, 4) is 11.5 Å². The minimum absolute atomic E-state index is 0.0741. The molecule has 6 heteroatoms. The lowest BCUT2D eigenvalue weighted by Gasteiger charge is -2.24. The fourth-order valence-electron chi connectivity index (χ4n) is 2.68. The first kappa shape index (κ1) is 20.3. The molecular formula is C21H25NO5. The van der Waals surface area contributed by atoms with Gasteiger partial charge in [-0.25, -0.2) is 0 Å². The summed E-state index contributed by atoms with van der Waals surface area (Å²) in [5.74, 6) is 1.01. The Bertz CT molecular complexity index is 775. The number of anilines is 1. The van der Waals surface area contributed by atoms with Crippen molar-refractivity contribution in [3.63, 3.8) is 0 Å². The van der Waals surface area contributed by atoms with Crippen LogP contribution in [0.2, 0.25) is 0 Å². The van der Waals surface area contributed by atoms with Crippen molar-refractivity contribution in [2.24, 2.45) is 0 Å². The van der Waals surface area contributed by atoms with E-state index in [1.165, 1.54) is 7.11 Å². The van der Waals surface area contributed by atoms with Gasteiger partial charge in [-0.15, -0.1) is 0 Å². The molecule has 6 nitrogen and oxygen atoms in total. The predicted octanol–water partition coefficient (Wildman–Crippen LogP) is 3.58. The number of carbonyl (C=O) groups excluding carboxylic acids is 2. The predicted molar refractivity (Wildman–Crippen MR) is 103 cm³/mol. The lowest BCUT2D eigenvalue weighted by Crippen LogP contribution is -2.30. The molecule has 0 unspecified atom stereocenters. The monoisotopic (exact) mass is 371 g/mol. The van der Waals surface area contributed by atoms with E-state index in [0.29, 0.717) is 18.7 Å². The summed E-state index contributed by atoms with van der Waals surface area (Å²) in [5, 5.41) is 0. The van der Waals surface area contributed by atoms with Gasteiger partial charge in [0.05, 0.1) is 27.9 Å². The number of amides is 1. The molecule has 144 valence electrons. The summed E-state index contributed by atoms with van der Waals surface area (Å²) in [4.78, 5) is 25.9. The zero-order chi connectivity index (χ0) is 19.6. The molecular weight excluding hydrogens is 346 g/mol. The largest absolute Gasteiger partial charge is 0.497 e. The van der Waals surface area contributed by atoms with Gasteiger partial charge in [0.25, 0.3) is 0 Å². The number of hydrogen-bond donors (Lipinski definition) is 0. The van der Waals surface area contributed by atoms with E-state index in [1.54, 1.807) is 19.1 Å². The van der Waals surface area contributed by atoms with Gasteiger partial charge in [-0.2, -0.15) is 0 Å². The molecule has 0 aromatic heterocycles. The number of carbonyl (C=O) groups is 2. The fourth-order valence-corrected chi connectivity index (χ4v) is 2.68. The second-order valence-corrected chi connectivity index (χ2v) is 5.96. The third-order valence-corrected chi connectivity index (χ3v) is 4.14. The number of hydrogen-bond acceptors (Lipinski definition) is 5. The van der Waals surface area contributed by atoms with Crippen molar-refractivity contribution >= 4 is 17.6 Å². The third kappa shape index (κ3) is 6.02. The highest BCUT2D eigenvalue weighted by Crippen LogP contribution is 2.25. The van der Waals surface area contributed by atoms with Crippen LogP contribution in [0.15, 0.2) is 48.5 Å². The molecule has 27 heavy (non-hydrogen) atoms. The van der Waals surface area contributed by atoms with Crippen molar-refractivity contribution in [2.75, 3.05) is 26.2 Å². The molecule has 0 aliphatic carbocycles. The van der Waals surface area contributed by atoms with Gasteiger partial charge in [0.2, 0.25) is 5.91 Å². The molecule has 2 aromatic rings. The number of methoxy groups -OCH3 is 3. The summed E-state index contributed by atoms with van der Waals surface area (Å²) in [7, 11) is 4.54. The third-order valence-electron chi connectivity index (χ3n) is 4.14. The highest BCUT2D eigenvalue weighted by Gasteiger charge is 2.17. The standard InChI is InChI=1S/C21H25NO5/c1-25-18-9-4-7-16(13-18)15-22(17-8-5-10-19(14-17)26-2)20(23)11-6-12-21(24)27-3/h4-5,7-10,13-14H,6,11-12,15H2,1-3H3. The lowest BCUT2D eigenvalue weighted by molar-refractivity contribution is -0.140. The summed E-state index contributed by atoms with van der Waals surface area (Å²) < 4.78 is 15.2. The van der Waals surface area contributed by atoms with Crippen molar-refractivity contribution in [1.82, 2.24) is 0 Å². The maximum atomic E-state index is 12.9. The van der Waals surface area contributed by atoms with Gasteiger partial charge in [-0.3, -0.25) is 9.59 Å². The summed E-state index contributed by atoms with van der Waals surface area (Å²) in [6.07, 6.45) is 0.897. The second-order valence-electron chi connectivity index (χ2n) is 5.96. The Morgan fingerprint density at radius 1 is 0.889 bits per heavy atom. The van der Waals surface area contributed by atoms with Crippen LogP contribution in [0.4, 0.5) is 5.69 Å². The van der Waals surface area contributed by atoms with E-state index < -0.39 is 0 Å². The fraction of sp³-hybridized carbons (Fsp3) is 0.333. The van der Waals surface area contributed by atoms with Crippen molar-refractivity contribution in [3.05, 3.63) is 54.1 Å². The molecule has 2 rings (SSSR count). The Labute approximate surface area is 159 Å². The highest BCUT2D eigenvalue weighted by molar-refractivity contribution is 5.93. The van der Waals surface area contributed by atoms with Gasteiger partial charge in [-0.05, 0) is 36.2 Å². The molecule has 0 aliphatic rings.